The number of fused-ring (bicyclic) bond motifs is 2. The van der Waals surface area contributed by atoms with E-state index in [4.69, 9.17) is 14.5 Å². The molecule has 0 spiro atoms. The highest BCUT2D eigenvalue weighted by Gasteiger charge is 2.24. The Kier molecular flexibility index (Phi) is 4.42. The summed E-state index contributed by atoms with van der Waals surface area (Å²) in [5, 5.41) is 5.01. The Hall–Kier alpha value is -2.01. The standard InChI is InChI=1S/C20H27N3O2/c1-23-9-5-6-13(12-23)21-20-14-7-4-8-16(14)22-17-11-19(25-3)18(24-2)10-15(17)20/h10-11,13H,4-9,12H2,1-3H3,(H,21,22)/t13-/m1/s1. The van der Waals surface area contributed by atoms with Gasteiger partial charge in [0, 0.05) is 35.4 Å². The third-order valence-electron chi connectivity index (χ3n) is 5.49. The first kappa shape index (κ1) is 16.5. The van der Waals surface area contributed by atoms with Gasteiger partial charge in [0.2, 0.25) is 0 Å². The highest BCUT2D eigenvalue weighted by molar-refractivity contribution is 5.96. The summed E-state index contributed by atoms with van der Waals surface area (Å²) >= 11 is 0. The van der Waals surface area contributed by atoms with E-state index in [-0.39, 0.29) is 0 Å². The van der Waals surface area contributed by atoms with Crippen molar-refractivity contribution in [2.45, 2.75) is 38.1 Å². The molecule has 0 radical (unpaired) electrons. The van der Waals surface area contributed by atoms with Crippen molar-refractivity contribution in [2.75, 3.05) is 39.7 Å². The quantitative estimate of drug-likeness (QED) is 0.925. The molecule has 1 atom stereocenters. The number of nitrogens with zero attached hydrogens (tertiary/aromatic N) is 2. The van der Waals surface area contributed by atoms with Crippen LogP contribution in [0.5, 0.6) is 11.5 Å². The Morgan fingerprint density at radius 2 is 1.92 bits per heavy atom. The maximum absolute atomic E-state index is 5.54. The fraction of sp³-hybridized carbons (Fsp3) is 0.550. The van der Waals surface area contributed by atoms with E-state index < -0.39 is 0 Å². The van der Waals surface area contributed by atoms with Gasteiger partial charge in [-0.25, -0.2) is 0 Å². The van der Waals surface area contributed by atoms with E-state index in [0.717, 1.165) is 41.8 Å². The maximum atomic E-state index is 5.54. The van der Waals surface area contributed by atoms with Crippen LogP contribution in [-0.4, -0.2) is 50.3 Å². The average Bonchev–Trinajstić information content (AvgIpc) is 3.08. The zero-order chi connectivity index (χ0) is 17.4. The summed E-state index contributed by atoms with van der Waals surface area (Å²) in [5.41, 5.74) is 4.89. The van der Waals surface area contributed by atoms with Gasteiger partial charge in [0.05, 0.1) is 19.7 Å². The molecule has 1 fully saturated rings. The lowest BCUT2D eigenvalue weighted by Gasteiger charge is -2.32. The summed E-state index contributed by atoms with van der Waals surface area (Å²) in [7, 11) is 5.57. The highest BCUT2D eigenvalue weighted by atomic mass is 16.5. The maximum Gasteiger partial charge on any atom is 0.162 e. The Labute approximate surface area is 149 Å². The van der Waals surface area contributed by atoms with Crippen molar-refractivity contribution in [3.8, 4) is 11.5 Å². The van der Waals surface area contributed by atoms with Crippen molar-refractivity contribution in [3.05, 3.63) is 23.4 Å². The van der Waals surface area contributed by atoms with Crippen LogP contribution in [0.15, 0.2) is 12.1 Å². The predicted octanol–water partition coefficient (Wildman–Crippen LogP) is 3.25. The van der Waals surface area contributed by atoms with Crippen molar-refractivity contribution < 1.29 is 9.47 Å². The largest absolute Gasteiger partial charge is 0.493 e. The minimum Gasteiger partial charge on any atom is -0.493 e. The van der Waals surface area contributed by atoms with Crippen LogP contribution in [0.4, 0.5) is 5.69 Å². The van der Waals surface area contributed by atoms with Gasteiger partial charge in [0.25, 0.3) is 0 Å². The zero-order valence-corrected chi connectivity index (χ0v) is 15.4. The number of ether oxygens (including phenoxy) is 2. The SMILES string of the molecule is COc1cc2nc3c(c(N[C@@H]4CCCN(C)C4)c2cc1OC)CCC3. The Morgan fingerprint density at radius 3 is 2.68 bits per heavy atom. The molecular weight excluding hydrogens is 314 g/mol. The normalized spacial score (nSPS) is 20.5. The number of nitrogens with one attached hydrogen (secondary N) is 1. The Bertz CT molecular complexity index is 790. The van der Waals surface area contributed by atoms with Crippen molar-refractivity contribution in [2.24, 2.45) is 0 Å². The molecule has 0 saturated carbocycles. The van der Waals surface area contributed by atoms with E-state index in [1.54, 1.807) is 14.2 Å². The van der Waals surface area contributed by atoms with E-state index in [1.807, 2.05) is 6.07 Å². The van der Waals surface area contributed by atoms with Gasteiger partial charge in [0.15, 0.2) is 11.5 Å². The van der Waals surface area contributed by atoms with Gasteiger partial charge < -0.3 is 19.7 Å². The molecule has 5 nitrogen and oxygen atoms in total. The van der Waals surface area contributed by atoms with Crippen LogP contribution < -0.4 is 14.8 Å². The lowest BCUT2D eigenvalue weighted by atomic mass is 10.0. The van der Waals surface area contributed by atoms with Crippen molar-refractivity contribution in [1.29, 1.82) is 0 Å². The van der Waals surface area contributed by atoms with Crippen LogP contribution in [0.3, 0.4) is 0 Å². The van der Waals surface area contributed by atoms with Gasteiger partial charge in [-0.1, -0.05) is 0 Å². The smallest absolute Gasteiger partial charge is 0.162 e. The van der Waals surface area contributed by atoms with Crippen LogP contribution in [0.25, 0.3) is 10.9 Å². The number of likely N-dealkylation sites (N-methyl/N-ethyl adjacent to an activating group) is 1. The monoisotopic (exact) mass is 341 g/mol. The van der Waals surface area contributed by atoms with Gasteiger partial charge in [0.1, 0.15) is 0 Å². The summed E-state index contributed by atoms with van der Waals surface area (Å²) < 4.78 is 11.0. The Balaban J connectivity index is 1.82. The van der Waals surface area contributed by atoms with Crippen LogP contribution in [0.1, 0.15) is 30.5 Å². The third-order valence-corrected chi connectivity index (χ3v) is 5.49. The fourth-order valence-electron chi connectivity index (χ4n) is 4.24. The minimum absolute atomic E-state index is 0.488. The fourth-order valence-corrected chi connectivity index (χ4v) is 4.24. The molecular formula is C20H27N3O2. The van der Waals surface area contributed by atoms with Crippen LogP contribution in [0, 0.1) is 0 Å². The number of anilines is 1. The molecule has 4 rings (SSSR count). The second-order valence-corrected chi connectivity index (χ2v) is 7.24. The number of benzene rings is 1. The summed E-state index contributed by atoms with van der Waals surface area (Å²) in [4.78, 5) is 7.33. The number of rotatable bonds is 4. The molecule has 2 heterocycles. The molecule has 5 heteroatoms. The summed E-state index contributed by atoms with van der Waals surface area (Å²) in [6.45, 7) is 2.28. The lowest BCUT2D eigenvalue weighted by Crippen LogP contribution is -2.40. The van der Waals surface area contributed by atoms with Crippen LogP contribution >= 0.6 is 0 Å². The molecule has 1 aliphatic heterocycles. The molecule has 134 valence electrons. The van der Waals surface area contributed by atoms with Crippen molar-refractivity contribution in [1.82, 2.24) is 9.88 Å². The molecule has 1 N–H and O–H groups in total. The molecule has 2 aromatic rings. The molecule has 0 amide bonds. The van der Waals surface area contributed by atoms with Crippen LogP contribution in [-0.2, 0) is 12.8 Å². The molecule has 1 aromatic carbocycles. The number of aromatic nitrogens is 1. The van der Waals surface area contributed by atoms with Gasteiger partial charge >= 0.3 is 0 Å². The van der Waals surface area contributed by atoms with Crippen molar-refractivity contribution in [3.63, 3.8) is 0 Å². The third kappa shape index (κ3) is 3.01. The zero-order valence-electron chi connectivity index (χ0n) is 15.4. The van der Waals surface area contributed by atoms with Gasteiger partial charge in [-0.05, 0) is 57.3 Å². The summed E-state index contributed by atoms with van der Waals surface area (Å²) in [6, 6.07) is 4.57. The van der Waals surface area contributed by atoms with E-state index in [1.165, 1.54) is 42.8 Å². The number of likely N-dealkylation sites (tertiary alicyclic amines) is 1. The number of hydrogen-bond acceptors (Lipinski definition) is 5. The lowest BCUT2D eigenvalue weighted by molar-refractivity contribution is 0.261. The summed E-state index contributed by atoms with van der Waals surface area (Å²) in [5.74, 6) is 1.50. The molecule has 2 aliphatic rings. The van der Waals surface area contributed by atoms with E-state index in [0.29, 0.717) is 6.04 Å². The molecule has 1 aliphatic carbocycles. The Morgan fingerprint density at radius 1 is 1.12 bits per heavy atom. The molecule has 0 bridgehead atoms. The van der Waals surface area contributed by atoms with E-state index >= 15 is 0 Å². The first-order chi connectivity index (χ1) is 12.2. The molecule has 0 unspecified atom stereocenters. The topological polar surface area (TPSA) is 46.6 Å². The minimum atomic E-state index is 0.488. The second-order valence-electron chi connectivity index (χ2n) is 7.24. The molecule has 1 saturated heterocycles. The molecule has 25 heavy (non-hydrogen) atoms. The van der Waals surface area contributed by atoms with Crippen LogP contribution in [0.2, 0.25) is 0 Å². The number of pyridine rings is 1. The number of methoxy groups -OCH3 is 2. The number of aryl methyl sites for hydroxylation is 1. The first-order valence-electron chi connectivity index (χ1n) is 9.22. The molecule has 1 aromatic heterocycles. The first-order valence-corrected chi connectivity index (χ1v) is 9.22. The summed E-state index contributed by atoms with van der Waals surface area (Å²) in [6.07, 6.45) is 5.83. The van der Waals surface area contributed by atoms with E-state index in [2.05, 4.69) is 23.3 Å². The van der Waals surface area contributed by atoms with Gasteiger partial charge in [-0.3, -0.25) is 4.98 Å². The second kappa shape index (κ2) is 6.71. The van der Waals surface area contributed by atoms with E-state index in [9.17, 15) is 0 Å². The highest BCUT2D eigenvalue weighted by Crippen LogP contribution is 2.40. The number of hydrogen-bond donors (Lipinski definition) is 1. The predicted molar refractivity (Wildman–Crippen MR) is 101 cm³/mol. The van der Waals surface area contributed by atoms with Gasteiger partial charge in [-0.15, -0.1) is 0 Å². The van der Waals surface area contributed by atoms with Gasteiger partial charge in [-0.2, -0.15) is 0 Å². The average molecular weight is 341 g/mol. The number of piperidine rings is 1. The van der Waals surface area contributed by atoms with Crippen molar-refractivity contribution >= 4 is 16.6 Å².